The molecule has 0 bridgehead atoms. The van der Waals surface area contributed by atoms with Crippen LogP contribution in [0.2, 0.25) is 0 Å². The molecule has 0 radical (unpaired) electrons. The summed E-state index contributed by atoms with van der Waals surface area (Å²) in [5.41, 5.74) is -1.41. The predicted molar refractivity (Wildman–Crippen MR) is 59.9 cm³/mol. The van der Waals surface area contributed by atoms with Gasteiger partial charge in [-0.25, -0.2) is 4.39 Å². The Kier molecular flexibility index (Phi) is 4.10. The van der Waals surface area contributed by atoms with Crippen molar-refractivity contribution in [1.82, 2.24) is 0 Å². The highest BCUT2D eigenvalue weighted by Gasteiger charge is 2.37. The number of hydrogen-bond donors (Lipinski definition) is 1. The Labute approximate surface area is 108 Å². The normalized spacial score (nSPS) is 22.3. The first-order valence-corrected chi connectivity index (χ1v) is 6.02. The van der Waals surface area contributed by atoms with E-state index < -0.39 is 35.1 Å². The van der Waals surface area contributed by atoms with Gasteiger partial charge in [0, 0.05) is 12.5 Å². The maximum Gasteiger partial charge on any atom is 0.416 e. The molecule has 2 rings (SSSR count). The van der Waals surface area contributed by atoms with Crippen molar-refractivity contribution in [1.29, 1.82) is 0 Å². The average molecular weight is 278 g/mol. The number of alkyl halides is 3. The van der Waals surface area contributed by atoms with Gasteiger partial charge >= 0.3 is 6.18 Å². The van der Waals surface area contributed by atoms with Gasteiger partial charge < -0.3 is 9.84 Å². The Bertz CT molecular complexity index is 439. The highest BCUT2D eigenvalue weighted by molar-refractivity contribution is 5.32. The van der Waals surface area contributed by atoms with Crippen molar-refractivity contribution < 1.29 is 27.4 Å². The van der Waals surface area contributed by atoms with Crippen LogP contribution in [-0.4, -0.2) is 18.3 Å². The fourth-order valence-corrected chi connectivity index (χ4v) is 2.31. The Morgan fingerprint density at radius 2 is 2.05 bits per heavy atom. The lowest BCUT2D eigenvalue weighted by Crippen LogP contribution is -2.25. The molecule has 0 spiro atoms. The Morgan fingerprint density at radius 3 is 2.63 bits per heavy atom. The van der Waals surface area contributed by atoms with E-state index in [-0.39, 0.29) is 6.61 Å². The van der Waals surface area contributed by atoms with Crippen LogP contribution in [0.1, 0.15) is 30.1 Å². The average Bonchev–Trinajstić information content (AvgIpc) is 2.37. The Hall–Kier alpha value is -1.14. The second kappa shape index (κ2) is 5.46. The molecule has 0 aliphatic carbocycles. The van der Waals surface area contributed by atoms with E-state index in [0.29, 0.717) is 25.5 Å². The van der Waals surface area contributed by atoms with Crippen LogP contribution < -0.4 is 0 Å². The molecular formula is C13H14F4O2. The first-order valence-electron chi connectivity index (χ1n) is 6.02. The van der Waals surface area contributed by atoms with Gasteiger partial charge in [0.2, 0.25) is 0 Å². The van der Waals surface area contributed by atoms with Crippen molar-refractivity contribution in [2.24, 2.45) is 5.92 Å². The van der Waals surface area contributed by atoms with Crippen molar-refractivity contribution in [2.45, 2.75) is 25.1 Å². The molecule has 106 valence electrons. The Balaban J connectivity index is 2.33. The van der Waals surface area contributed by atoms with Crippen LogP contribution in [-0.2, 0) is 10.9 Å². The highest BCUT2D eigenvalue weighted by Crippen LogP contribution is 2.38. The second-order valence-electron chi connectivity index (χ2n) is 4.65. The van der Waals surface area contributed by atoms with Crippen LogP contribution >= 0.6 is 0 Å². The molecule has 19 heavy (non-hydrogen) atoms. The van der Waals surface area contributed by atoms with Gasteiger partial charge in [0.15, 0.2) is 0 Å². The maximum atomic E-state index is 13.2. The molecule has 1 saturated heterocycles. The third kappa shape index (κ3) is 3.25. The number of halogens is 4. The summed E-state index contributed by atoms with van der Waals surface area (Å²) in [6, 6.07) is 2.16. The van der Waals surface area contributed by atoms with E-state index in [1.165, 1.54) is 0 Å². The SMILES string of the molecule is OC(c1cc(F)ccc1C(F)(F)F)C1CCCOC1. The highest BCUT2D eigenvalue weighted by atomic mass is 19.4. The molecule has 2 nitrogen and oxygen atoms in total. The lowest BCUT2D eigenvalue weighted by atomic mass is 9.88. The van der Waals surface area contributed by atoms with E-state index in [9.17, 15) is 22.7 Å². The van der Waals surface area contributed by atoms with E-state index in [0.717, 1.165) is 12.1 Å². The summed E-state index contributed by atoms with van der Waals surface area (Å²) < 4.78 is 56.8. The van der Waals surface area contributed by atoms with Crippen LogP contribution in [0.4, 0.5) is 17.6 Å². The van der Waals surface area contributed by atoms with Gasteiger partial charge in [-0.3, -0.25) is 0 Å². The van der Waals surface area contributed by atoms with E-state index in [1.807, 2.05) is 0 Å². The molecule has 1 aliphatic rings. The first kappa shape index (κ1) is 14.3. The quantitative estimate of drug-likeness (QED) is 0.841. The van der Waals surface area contributed by atoms with Crippen LogP contribution in [0.25, 0.3) is 0 Å². The number of ether oxygens (including phenoxy) is 1. The minimum absolute atomic E-state index is 0.189. The molecule has 6 heteroatoms. The van der Waals surface area contributed by atoms with Gasteiger partial charge in [-0.15, -0.1) is 0 Å². The molecule has 1 heterocycles. The number of rotatable bonds is 2. The van der Waals surface area contributed by atoms with E-state index in [1.54, 1.807) is 0 Å². The molecule has 1 N–H and O–H groups in total. The summed E-state index contributed by atoms with van der Waals surface area (Å²) in [4.78, 5) is 0. The smallest absolute Gasteiger partial charge is 0.388 e. The molecule has 1 aliphatic heterocycles. The number of benzene rings is 1. The van der Waals surface area contributed by atoms with E-state index >= 15 is 0 Å². The zero-order valence-corrected chi connectivity index (χ0v) is 10.1. The topological polar surface area (TPSA) is 29.5 Å². The third-order valence-corrected chi connectivity index (χ3v) is 3.28. The molecule has 0 saturated carbocycles. The fourth-order valence-electron chi connectivity index (χ4n) is 2.31. The second-order valence-corrected chi connectivity index (χ2v) is 4.65. The van der Waals surface area contributed by atoms with Crippen molar-refractivity contribution in [3.05, 3.63) is 35.1 Å². The molecule has 1 aromatic rings. The largest absolute Gasteiger partial charge is 0.416 e. The van der Waals surface area contributed by atoms with E-state index in [2.05, 4.69) is 0 Å². The lowest BCUT2D eigenvalue weighted by molar-refractivity contribution is -0.140. The molecule has 0 amide bonds. The van der Waals surface area contributed by atoms with Crippen molar-refractivity contribution in [2.75, 3.05) is 13.2 Å². The van der Waals surface area contributed by atoms with Crippen LogP contribution in [0.15, 0.2) is 18.2 Å². The minimum atomic E-state index is -4.61. The van der Waals surface area contributed by atoms with Gasteiger partial charge in [0.25, 0.3) is 0 Å². The first-order chi connectivity index (χ1) is 8.89. The third-order valence-electron chi connectivity index (χ3n) is 3.28. The minimum Gasteiger partial charge on any atom is -0.388 e. The van der Waals surface area contributed by atoms with E-state index in [4.69, 9.17) is 4.74 Å². The number of aliphatic hydroxyl groups is 1. The van der Waals surface area contributed by atoms with Crippen molar-refractivity contribution >= 4 is 0 Å². The van der Waals surface area contributed by atoms with Gasteiger partial charge in [0.1, 0.15) is 5.82 Å². The lowest BCUT2D eigenvalue weighted by Gasteiger charge is -2.28. The fraction of sp³-hybridized carbons (Fsp3) is 0.538. The van der Waals surface area contributed by atoms with Crippen molar-refractivity contribution in [3.8, 4) is 0 Å². The molecule has 0 aromatic heterocycles. The summed E-state index contributed by atoms with van der Waals surface area (Å²) in [7, 11) is 0. The van der Waals surface area contributed by atoms with Crippen molar-refractivity contribution in [3.63, 3.8) is 0 Å². The summed E-state index contributed by atoms with van der Waals surface area (Å²) in [5.74, 6) is -1.23. The maximum absolute atomic E-state index is 13.2. The standard InChI is InChI=1S/C13H14F4O2/c14-9-3-4-11(13(15,16)17)10(6-9)12(18)8-2-1-5-19-7-8/h3-4,6,8,12,18H,1-2,5,7H2. The Morgan fingerprint density at radius 1 is 1.32 bits per heavy atom. The molecule has 2 atom stereocenters. The number of aliphatic hydroxyl groups excluding tert-OH is 1. The van der Waals surface area contributed by atoms with Gasteiger partial charge in [-0.1, -0.05) is 0 Å². The van der Waals surface area contributed by atoms with Gasteiger partial charge in [-0.05, 0) is 36.6 Å². The molecule has 2 unspecified atom stereocenters. The zero-order valence-electron chi connectivity index (χ0n) is 10.1. The molecule has 1 fully saturated rings. The summed E-state index contributed by atoms with van der Waals surface area (Å²) >= 11 is 0. The predicted octanol–water partition coefficient (Wildman–Crippen LogP) is 3.30. The summed E-state index contributed by atoms with van der Waals surface area (Å²) in [5, 5.41) is 10.1. The number of hydrogen-bond acceptors (Lipinski definition) is 2. The van der Waals surface area contributed by atoms with Crippen LogP contribution in [0.3, 0.4) is 0 Å². The summed E-state index contributed by atoms with van der Waals surface area (Å²) in [6.45, 7) is 0.730. The monoisotopic (exact) mass is 278 g/mol. The zero-order chi connectivity index (χ0) is 14.0. The van der Waals surface area contributed by atoms with Crippen LogP contribution in [0, 0.1) is 11.7 Å². The van der Waals surface area contributed by atoms with Gasteiger partial charge in [-0.2, -0.15) is 13.2 Å². The molecular weight excluding hydrogens is 264 g/mol. The van der Waals surface area contributed by atoms with Gasteiger partial charge in [0.05, 0.1) is 18.3 Å². The summed E-state index contributed by atoms with van der Waals surface area (Å²) in [6.07, 6.45) is -4.74. The molecule has 1 aromatic carbocycles. The van der Waals surface area contributed by atoms with Crippen LogP contribution in [0.5, 0.6) is 0 Å².